The maximum absolute atomic E-state index is 9.92. The molecule has 2 aromatic rings. The summed E-state index contributed by atoms with van der Waals surface area (Å²) in [7, 11) is -1.60. The molecule has 2 rings (SSSR count). The SMILES string of the molecule is COS(=O)(=O)OC.Oc1ccc2cc(Br)ccc2c1. The maximum atomic E-state index is 9.92. The normalized spacial score (nSPS) is 10.9. The van der Waals surface area contributed by atoms with Crippen LogP contribution in [0.25, 0.3) is 10.8 Å². The Balaban J connectivity index is 0.000000224. The lowest BCUT2D eigenvalue weighted by Gasteiger charge is -1.98. The third-order valence-electron chi connectivity index (χ3n) is 2.19. The van der Waals surface area contributed by atoms with E-state index in [1.165, 1.54) is 0 Å². The van der Waals surface area contributed by atoms with Gasteiger partial charge in [0.15, 0.2) is 0 Å². The molecule has 0 spiro atoms. The summed E-state index contributed by atoms with van der Waals surface area (Å²) in [5.74, 6) is 0.310. The van der Waals surface area contributed by atoms with Crippen LogP contribution >= 0.6 is 15.9 Å². The monoisotopic (exact) mass is 348 g/mol. The highest BCUT2D eigenvalue weighted by molar-refractivity contribution is 9.10. The number of rotatable bonds is 2. The number of phenolic OH excluding ortho intramolecular Hbond substituents is 1. The summed E-state index contributed by atoms with van der Waals surface area (Å²) < 4.78 is 28.6. The van der Waals surface area contributed by atoms with E-state index in [-0.39, 0.29) is 0 Å². The highest BCUT2D eigenvalue weighted by atomic mass is 79.9. The smallest absolute Gasteiger partial charge is 0.399 e. The molecule has 19 heavy (non-hydrogen) atoms. The number of hydrogen-bond acceptors (Lipinski definition) is 5. The molecule has 5 nitrogen and oxygen atoms in total. The van der Waals surface area contributed by atoms with Crippen LogP contribution in [0.3, 0.4) is 0 Å². The van der Waals surface area contributed by atoms with E-state index >= 15 is 0 Å². The first-order valence-corrected chi connectivity index (χ1v) is 7.25. The van der Waals surface area contributed by atoms with Gasteiger partial charge in [-0.1, -0.05) is 28.1 Å². The Kier molecular flexibility index (Phi) is 5.74. The Hall–Kier alpha value is -1.15. The van der Waals surface area contributed by atoms with Crippen molar-refractivity contribution in [3.05, 3.63) is 40.9 Å². The van der Waals surface area contributed by atoms with E-state index in [1.807, 2.05) is 24.3 Å². The van der Waals surface area contributed by atoms with E-state index in [0.29, 0.717) is 5.75 Å². The van der Waals surface area contributed by atoms with Crippen molar-refractivity contribution < 1.29 is 21.9 Å². The summed E-state index contributed by atoms with van der Waals surface area (Å²) in [6, 6.07) is 11.3. The summed E-state index contributed by atoms with van der Waals surface area (Å²) >= 11 is 3.39. The number of hydrogen-bond donors (Lipinski definition) is 1. The van der Waals surface area contributed by atoms with Gasteiger partial charge in [-0.15, -0.1) is 0 Å². The molecule has 0 bridgehead atoms. The molecule has 2 aromatic carbocycles. The zero-order chi connectivity index (χ0) is 14.5. The third kappa shape index (κ3) is 5.15. The molecule has 0 amide bonds. The van der Waals surface area contributed by atoms with Crippen molar-refractivity contribution in [3.8, 4) is 5.75 Å². The third-order valence-corrected chi connectivity index (χ3v) is 3.50. The fraction of sp³-hybridized carbons (Fsp3) is 0.167. The van der Waals surface area contributed by atoms with E-state index in [9.17, 15) is 13.5 Å². The second-order valence-electron chi connectivity index (χ2n) is 3.42. The largest absolute Gasteiger partial charge is 0.508 e. The minimum absolute atomic E-state index is 0.310. The van der Waals surface area contributed by atoms with Crippen LogP contribution in [0.5, 0.6) is 5.75 Å². The number of halogens is 1. The van der Waals surface area contributed by atoms with Gasteiger partial charge in [0.25, 0.3) is 0 Å². The standard InChI is InChI=1S/C10H7BrO.C2H6O4S/c11-9-3-1-8-6-10(12)4-2-7(8)5-9;1-5-7(3,4)6-2/h1-6,12H;1-2H3. The van der Waals surface area contributed by atoms with Crippen molar-refractivity contribution in [3.63, 3.8) is 0 Å². The van der Waals surface area contributed by atoms with Gasteiger partial charge in [0, 0.05) is 4.47 Å². The van der Waals surface area contributed by atoms with Crippen LogP contribution in [0.2, 0.25) is 0 Å². The molecular weight excluding hydrogens is 336 g/mol. The topological polar surface area (TPSA) is 72.8 Å². The van der Waals surface area contributed by atoms with Gasteiger partial charge >= 0.3 is 10.4 Å². The van der Waals surface area contributed by atoms with Gasteiger partial charge in [0.2, 0.25) is 0 Å². The van der Waals surface area contributed by atoms with Crippen LogP contribution in [0.4, 0.5) is 0 Å². The first-order chi connectivity index (χ1) is 8.88. The van der Waals surface area contributed by atoms with Crippen LogP contribution in [-0.2, 0) is 18.8 Å². The molecule has 1 N–H and O–H groups in total. The van der Waals surface area contributed by atoms with Crippen molar-refractivity contribution in [1.29, 1.82) is 0 Å². The van der Waals surface area contributed by atoms with E-state index < -0.39 is 10.4 Å². The van der Waals surface area contributed by atoms with E-state index in [1.54, 1.807) is 12.1 Å². The Morgan fingerprint density at radius 2 is 1.53 bits per heavy atom. The summed E-state index contributed by atoms with van der Waals surface area (Å²) in [4.78, 5) is 0. The number of benzene rings is 2. The number of aromatic hydroxyl groups is 1. The van der Waals surface area contributed by atoms with Gasteiger partial charge in [0.05, 0.1) is 14.2 Å². The molecule has 0 fully saturated rings. The van der Waals surface area contributed by atoms with E-state index in [0.717, 1.165) is 29.5 Å². The fourth-order valence-corrected chi connectivity index (χ4v) is 1.79. The Morgan fingerprint density at radius 1 is 1.00 bits per heavy atom. The average Bonchev–Trinajstić information content (AvgIpc) is 2.40. The average molecular weight is 349 g/mol. The molecule has 0 atom stereocenters. The van der Waals surface area contributed by atoms with Crippen LogP contribution < -0.4 is 0 Å². The van der Waals surface area contributed by atoms with Gasteiger partial charge in [-0.2, -0.15) is 8.42 Å². The van der Waals surface area contributed by atoms with Crippen molar-refractivity contribution in [2.45, 2.75) is 0 Å². The van der Waals surface area contributed by atoms with Gasteiger partial charge in [0.1, 0.15) is 5.75 Å². The Labute approximate surface area is 120 Å². The highest BCUT2D eigenvalue weighted by Crippen LogP contribution is 2.22. The predicted octanol–water partition coefficient (Wildman–Crippen LogP) is 2.83. The molecule has 0 aliphatic carbocycles. The van der Waals surface area contributed by atoms with Crippen molar-refractivity contribution in [2.75, 3.05) is 14.2 Å². The fourth-order valence-electron chi connectivity index (χ4n) is 1.27. The molecule has 0 aliphatic rings. The second kappa shape index (κ2) is 6.85. The highest BCUT2D eigenvalue weighted by Gasteiger charge is 2.01. The van der Waals surface area contributed by atoms with Crippen LogP contribution in [0.15, 0.2) is 40.9 Å². The molecule has 0 radical (unpaired) electrons. The van der Waals surface area contributed by atoms with Crippen LogP contribution in [0, 0.1) is 0 Å². The minimum atomic E-state index is -3.66. The summed E-state index contributed by atoms with van der Waals surface area (Å²) in [5.41, 5.74) is 0. The molecule has 7 heteroatoms. The van der Waals surface area contributed by atoms with E-state index in [2.05, 4.69) is 24.3 Å². The van der Waals surface area contributed by atoms with Gasteiger partial charge in [-0.05, 0) is 35.0 Å². The molecule has 0 aromatic heterocycles. The first-order valence-electron chi connectivity index (χ1n) is 5.12. The molecule has 0 unspecified atom stereocenters. The Bertz CT molecular complexity index is 603. The summed E-state index contributed by atoms with van der Waals surface area (Å²) in [6.45, 7) is 0. The van der Waals surface area contributed by atoms with Crippen molar-refractivity contribution in [1.82, 2.24) is 0 Å². The quantitative estimate of drug-likeness (QED) is 0.903. The first kappa shape index (κ1) is 15.9. The zero-order valence-electron chi connectivity index (χ0n) is 10.3. The molecule has 0 aliphatic heterocycles. The van der Waals surface area contributed by atoms with Crippen molar-refractivity contribution in [2.24, 2.45) is 0 Å². The number of phenols is 1. The summed E-state index contributed by atoms with van der Waals surface area (Å²) in [6.07, 6.45) is 0. The molecule has 0 saturated heterocycles. The lowest BCUT2D eigenvalue weighted by atomic mass is 10.1. The Morgan fingerprint density at radius 3 is 2.05 bits per heavy atom. The van der Waals surface area contributed by atoms with Gasteiger partial charge < -0.3 is 5.11 Å². The molecular formula is C12H13BrO5S. The van der Waals surface area contributed by atoms with Gasteiger partial charge in [-0.3, -0.25) is 8.37 Å². The lowest BCUT2D eigenvalue weighted by Crippen LogP contribution is -2.02. The predicted molar refractivity (Wildman–Crippen MR) is 76.3 cm³/mol. The van der Waals surface area contributed by atoms with Crippen molar-refractivity contribution >= 4 is 37.1 Å². The maximum Gasteiger partial charge on any atom is 0.399 e. The molecule has 104 valence electrons. The molecule has 0 saturated carbocycles. The van der Waals surface area contributed by atoms with Gasteiger partial charge in [-0.25, -0.2) is 0 Å². The second-order valence-corrected chi connectivity index (χ2v) is 5.82. The number of fused-ring (bicyclic) bond motifs is 1. The lowest BCUT2D eigenvalue weighted by molar-refractivity contribution is 0.286. The zero-order valence-corrected chi connectivity index (χ0v) is 12.7. The van der Waals surface area contributed by atoms with E-state index in [4.69, 9.17) is 0 Å². The molecule has 0 heterocycles. The van der Waals surface area contributed by atoms with Crippen LogP contribution in [-0.4, -0.2) is 27.7 Å². The van der Waals surface area contributed by atoms with Crippen LogP contribution in [0.1, 0.15) is 0 Å². The summed E-state index contributed by atoms with van der Waals surface area (Å²) in [5, 5.41) is 11.4. The minimum Gasteiger partial charge on any atom is -0.508 e.